The molecule has 0 saturated carbocycles. The number of carbonyl (C=O) groups is 2. The summed E-state index contributed by atoms with van der Waals surface area (Å²) in [7, 11) is 0. The maximum atomic E-state index is 12.0. The van der Waals surface area contributed by atoms with Gasteiger partial charge in [0.15, 0.2) is 23.3 Å². The molecule has 2 N–H and O–H groups in total. The molecule has 0 radical (unpaired) electrons. The van der Waals surface area contributed by atoms with Crippen molar-refractivity contribution in [3.05, 3.63) is 40.2 Å². The van der Waals surface area contributed by atoms with E-state index in [0.29, 0.717) is 17.3 Å². The number of nitrogens with one attached hydrogen (secondary N) is 1. The summed E-state index contributed by atoms with van der Waals surface area (Å²) < 4.78 is 10.6. The fourth-order valence-electron chi connectivity index (χ4n) is 2.30. The summed E-state index contributed by atoms with van der Waals surface area (Å²) in [6.07, 6.45) is 1.39. The predicted molar refractivity (Wildman–Crippen MR) is 114 cm³/mol. The second-order valence-electron chi connectivity index (χ2n) is 5.96. The van der Waals surface area contributed by atoms with Crippen LogP contribution in [0.1, 0.15) is 23.9 Å². The van der Waals surface area contributed by atoms with Crippen LogP contribution < -0.4 is 14.9 Å². The van der Waals surface area contributed by atoms with Gasteiger partial charge in [0.2, 0.25) is 0 Å². The van der Waals surface area contributed by atoms with Gasteiger partial charge >= 0.3 is 5.97 Å². The summed E-state index contributed by atoms with van der Waals surface area (Å²) in [5, 5.41) is 13.4. The van der Waals surface area contributed by atoms with Crippen LogP contribution in [0.4, 0.5) is 0 Å². The number of aliphatic carboxylic acids is 1. The van der Waals surface area contributed by atoms with Crippen LogP contribution in [0.25, 0.3) is 0 Å². The number of aryl methyl sites for hydroxylation is 2. The molecule has 0 aliphatic rings. The lowest BCUT2D eigenvalue weighted by atomic mass is 10.2. The number of carbonyl (C=O) groups excluding carboxylic acids is 1. The lowest BCUT2D eigenvalue weighted by molar-refractivity contribution is -0.139. The SMILES string of the molecule is CCOc1cc(/C=N\NC(=O)CSc2nc(C)cc(C)n2)cc(Cl)c1OCC(=O)O. The van der Waals surface area contributed by atoms with Crippen LogP contribution in [0.5, 0.6) is 11.5 Å². The minimum Gasteiger partial charge on any atom is -0.490 e. The van der Waals surface area contributed by atoms with Crippen molar-refractivity contribution in [2.45, 2.75) is 25.9 Å². The lowest BCUT2D eigenvalue weighted by Crippen LogP contribution is -2.19. The Hall–Kier alpha value is -2.85. The summed E-state index contributed by atoms with van der Waals surface area (Å²) >= 11 is 7.38. The van der Waals surface area contributed by atoms with E-state index in [0.717, 1.165) is 11.4 Å². The summed E-state index contributed by atoms with van der Waals surface area (Å²) in [5.74, 6) is -0.941. The molecular weight excluding hydrogens is 432 g/mol. The largest absolute Gasteiger partial charge is 0.490 e. The highest BCUT2D eigenvalue weighted by Crippen LogP contribution is 2.36. The molecule has 0 spiro atoms. The van der Waals surface area contributed by atoms with Crippen LogP contribution in [0.15, 0.2) is 28.5 Å². The summed E-state index contributed by atoms with van der Waals surface area (Å²) in [6, 6.07) is 4.96. The molecule has 30 heavy (non-hydrogen) atoms. The second-order valence-corrected chi connectivity index (χ2v) is 7.31. The van der Waals surface area contributed by atoms with Gasteiger partial charge in [0.1, 0.15) is 0 Å². The summed E-state index contributed by atoms with van der Waals surface area (Å²) in [6.45, 7) is 5.28. The maximum Gasteiger partial charge on any atom is 0.341 e. The molecule has 1 heterocycles. The van der Waals surface area contributed by atoms with E-state index >= 15 is 0 Å². The number of thioether (sulfide) groups is 1. The summed E-state index contributed by atoms with van der Waals surface area (Å²) in [5.41, 5.74) is 4.63. The molecule has 1 aromatic carbocycles. The quantitative estimate of drug-likeness (QED) is 0.244. The molecule has 0 unspecified atom stereocenters. The van der Waals surface area contributed by atoms with E-state index in [-0.39, 0.29) is 28.2 Å². The Morgan fingerprint density at radius 1 is 1.23 bits per heavy atom. The number of benzene rings is 1. The third kappa shape index (κ3) is 7.53. The van der Waals surface area contributed by atoms with Gasteiger partial charge in [0, 0.05) is 11.4 Å². The smallest absolute Gasteiger partial charge is 0.341 e. The van der Waals surface area contributed by atoms with Crippen molar-refractivity contribution < 1.29 is 24.2 Å². The van der Waals surface area contributed by atoms with Crippen molar-refractivity contribution in [3.63, 3.8) is 0 Å². The molecule has 2 aromatic rings. The molecule has 0 saturated heterocycles. The first-order valence-corrected chi connectivity index (χ1v) is 10.2. The van der Waals surface area contributed by atoms with E-state index in [1.807, 2.05) is 19.9 Å². The number of hydrogen-bond acceptors (Lipinski definition) is 8. The Morgan fingerprint density at radius 3 is 2.57 bits per heavy atom. The van der Waals surface area contributed by atoms with Gasteiger partial charge in [-0.2, -0.15) is 5.10 Å². The van der Waals surface area contributed by atoms with Gasteiger partial charge in [0.25, 0.3) is 5.91 Å². The first-order valence-electron chi connectivity index (χ1n) is 8.86. The zero-order valence-corrected chi connectivity index (χ0v) is 18.2. The van der Waals surface area contributed by atoms with Crippen molar-refractivity contribution in [2.24, 2.45) is 5.10 Å². The van der Waals surface area contributed by atoms with E-state index in [1.165, 1.54) is 24.0 Å². The Bertz CT molecular complexity index is 935. The number of amides is 1. The van der Waals surface area contributed by atoms with E-state index in [4.69, 9.17) is 26.2 Å². The van der Waals surface area contributed by atoms with Crippen LogP contribution in [0.3, 0.4) is 0 Å². The van der Waals surface area contributed by atoms with Gasteiger partial charge in [-0.25, -0.2) is 20.2 Å². The average molecular weight is 453 g/mol. The number of hydrazone groups is 1. The first kappa shape index (κ1) is 23.4. The Kier molecular flexibility index (Phi) is 8.88. The van der Waals surface area contributed by atoms with E-state index in [2.05, 4.69) is 20.5 Å². The molecule has 0 aliphatic heterocycles. The second kappa shape index (κ2) is 11.4. The van der Waals surface area contributed by atoms with Crippen molar-refractivity contribution in [1.82, 2.24) is 15.4 Å². The van der Waals surface area contributed by atoms with E-state index < -0.39 is 12.6 Å². The number of ether oxygens (including phenoxy) is 2. The third-order valence-electron chi connectivity index (χ3n) is 3.37. The fraction of sp³-hybridized carbons (Fsp3) is 0.316. The van der Waals surface area contributed by atoms with Crippen LogP contribution in [0.2, 0.25) is 5.02 Å². The number of hydrogen-bond donors (Lipinski definition) is 2. The predicted octanol–water partition coefficient (Wildman–Crippen LogP) is 2.85. The standard InChI is InChI=1S/C19H21ClN4O5S/c1-4-28-15-7-13(6-14(20)18(15)29-9-17(26)27)8-21-24-16(25)10-30-19-22-11(2)5-12(3)23-19/h5-8H,4,9-10H2,1-3H3,(H,24,25)(H,26,27)/b21-8-. The number of rotatable bonds is 10. The minimum atomic E-state index is -1.13. The fourth-order valence-corrected chi connectivity index (χ4v) is 3.31. The monoisotopic (exact) mass is 452 g/mol. The summed E-state index contributed by atoms with van der Waals surface area (Å²) in [4.78, 5) is 31.2. The molecule has 0 atom stereocenters. The lowest BCUT2D eigenvalue weighted by Gasteiger charge is -2.13. The van der Waals surface area contributed by atoms with E-state index in [9.17, 15) is 9.59 Å². The zero-order valence-electron chi connectivity index (χ0n) is 16.6. The Morgan fingerprint density at radius 2 is 1.93 bits per heavy atom. The first-order chi connectivity index (χ1) is 14.3. The Balaban J connectivity index is 1.98. The van der Waals surface area contributed by atoms with Gasteiger partial charge in [0.05, 0.1) is 23.6 Å². The molecule has 0 fully saturated rings. The van der Waals surface area contributed by atoms with Crippen molar-refractivity contribution in [2.75, 3.05) is 19.0 Å². The van der Waals surface area contributed by atoms with Crippen LogP contribution in [0, 0.1) is 13.8 Å². The molecule has 160 valence electrons. The van der Waals surface area contributed by atoms with Crippen molar-refractivity contribution >= 4 is 41.5 Å². The molecule has 0 aliphatic carbocycles. The highest BCUT2D eigenvalue weighted by Gasteiger charge is 2.14. The topological polar surface area (TPSA) is 123 Å². The molecular formula is C19H21ClN4O5S. The molecule has 1 amide bonds. The van der Waals surface area contributed by atoms with Crippen LogP contribution >= 0.6 is 23.4 Å². The van der Waals surface area contributed by atoms with Crippen molar-refractivity contribution in [3.8, 4) is 11.5 Å². The average Bonchev–Trinajstić information content (AvgIpc) is 2.65. The van der Waals surface area contributed by atoms with Gasteiger partial charge in [-0.3, -0.25) is 4.79 Å². The van der Waals surface area contributed by atoms with Gasteiger partial charge in [-0.05, 0) is 44.5 Å². The molecule has 9 nitrogen and oxygen atoms in total. The highest BCUT2D eigenvalue weighted by atomic mass is 35.5. The Labute approximate surface area is 182 Å². The number of aromatic nitrogens is 2. The highest BCUT2D eigenvalue weighted by molar-refractivity contribution is 7.99. The van der Waals surface area contributed by atoms with Gasteiger partial charge in [-0.15, -0.1) is 0 Å². The number of carboxylic acid groups (broad SMARTS) is 1. The van der Waals surface area contributed by atoms with Crippen molar-refractivity contribution in [1.29, 1.82) is 0 Å². The molecule has 11 heteroatoms. The zero-order chi connectivity index (χ0) is 22.1. The van der Waals surface area contributed by atoms with Gasteiger partial charge in [-0.1, -0.05) is 23.4 Å². The van der Waals surface area contributed by atoms with Crippen LogP contribution in [-0.2, 0) is 9.59 Å². The van der Waals surface area contributed by atoms with Gasteiger partial charge < -0.3 is 14.6 Å². The minimum absolute atomic E-state index is 0.104. The third-order valence-corrected chi connectivity index (χ3v) is 4.50. The molecule has 0 bridgehead atoms. The van der Waals surface area contributed by atoms with E-state index in [1.54, 1.807) is 13.0 Å². The number of nitrogens with zero attached hydrogens (tertiary/aromatic N) is 3. The molecule has 1 aromatic heterocycles. The maximum absolute atomic E-state index is 12.0. The number of halogens is 1. The van der Waals surface area contributed by atoms with Crippen LogP contribution in [-0.4, -0.2) is 52.1 Å². The number of carboxylic acids is 1. The normalized spacial score (nSPS) is 10.8. The molecule has 2 rings (SSSR count).